The fraction of sp³-hybridized carbons (Fsp3) is 0.462. The lowest BCUT2D eigenvalue weighted by Crippen LogP contribution is -2.23. The number of aliphatic carboxylic acids is 1. The van der Waals surface area contributed by atoms with E-state index < -0.39 is 22.7 Å². The van der Waals surface area contributed by atoms with Crippen molar-refractivity contribution in [3.63, 3.8) is 0 Å². The number of benzene rings is 1. The number of carboxylic acid groups (broad SMARTS) is 1. The molecule has 17 heavy (non-hydrogen) atoms. The highest BCUT2D eigenvalue weighted by Crippen LogP contribution is 2.19. The minimum atomic E-state index is -1.10. The molecular weight excluding hydrogens is 236 g/mol. The Labute approximate surface area is 104 Å². The van der Waals surface area contributed by atoms with Gasteiger partial charge in [0.1, 0.15) is 0 Å². The molecule has 3 nitrogen and oxygen atoms in total. The molecule has 0 aliphatic heterocycles. The maximum Gasteiger partial charge on any atom is 0.311 e. The van der Waals surface area contributed by atoms with Crippen molar-refractivity contribution in [2.75, 3.05) is 5.75 Å². The zero-order chi connectivity index (χ0) is 12.8. The number of hydrogen-bond acceptors (Lipinski definition) is 2. The summed E-state index contributed by atoms with van der Waals surface area (Å²) in [6.45, 7) is 3.85. The van der Waals surface area contributed by atoms with Crippen LogP contribution < -0.4 is 0 Å². The van der Waals surface area contributed by atoms with E-state index in [-0.39, 0.29) is 11.0 Å². The van der Waals surface area contributed by atoms with Gasteiger partial charge in [-0.1, -0.05) is 44.2 Å². The topological polar surface area (TPSA) is 54.4 Å². The maximum absolute atomic E-state index is 11.9. The molecule has 0 fully saturated rings. The van der Waals surface area contributed by atoms with Crippen molar-refractivity contribution >= 4 is 16.8 Å². The maximum atomic E-state index is 11.9. The summed E-state index contributed by atoms with van der Waals surface area (Å²) in [6, 6.07) is 8.99. The summed E-state index contributed by atoms with van der Waals surface area (Å²) in [5, 5.41) is 9.24. The molecular formula is C13H18O3S. The third-order valence-electron chi connectivity index (χ3n) is 2.85. The van der Waals surface area contributed by atoms with Crippen LogP contribution in [0.25, 0.3) is 0 Å². The Morgan fingerprint density at radius 2 is 1.94 bits per heavy atom. The molecule has 4 heteroatoms. The number of carbonyl (C=O) groups is 1. The lowest BCUT2D eigenvalue weighted by molar-refractivity contribution is -0.138. The Bertz CT molecular complexity index is 389. The predicted octanol–water partition coefficient (Wildman–Crippen LogP) is 2.40. The van der Waals surface area contributed by atoms with Gasteiger partial charge in [0, 0.05) is 21.8 Å². The lowest BCUT2D eigenvalue weighted by atomic mass is 10.0. The highest BCUT2D eigenvalue weighted by molar-refractivity contribution is 7.85. The average Bonchev–Trinajstić information content (AvgIpc) is 2.35. The number of rotatable bonds is 6. The Morgan fingerprint density at radius 1 is 1.35 bits per heavy atom. The Kier molecular flexibility index (Phi) is 5.35. The van der Waals surface area contributed by atoms with Crippen LogP contribution >= 0.6 is 0 Å². The minimum Gasteiger partial charge on any atom is -0.481 e. The van der Waals surface area contributed by atoms with Crippen LogP contribution in [0.1, 0.15) is 31.7 Å². The smallest absolute Gasteiger partial charge is 0.311 e. The molecule has 1 rings (SSSR count). The van der Waals surface area contributed by atoms with Crippen molar-refractivity contribution in [2.24, 2.45) is 0 Å². The van der Waals surface area contributed by atoms with Gasteiger partial charge in [0.25, 0.3) is 0 Å². The summed E-state index contributed by atoms with van der Waals surface area (Å²) in [5.74, 6) is -1.40. The zero-order valence-corrected chi connectivity index (χ0v) is 10.9. The van der Waals surface area contributed by atoms with E-state index in [0.717, 1.165) is 12.0 Å². The van der Waals surface area contributed by atoms with Gasteiger partial charge in [-0.05, 0) is 12.0 Å². The van der Waals surface area contributed by atoms with E-state index in [1.54, 1.807) is 24.3 Å². The molecule has 94 valence electrons. The molecule has 0 heterocycles. The summed E-state index contributed by atoms with van der Waals surface area (Å²) < 4.78 is 11.9. The van der Waals surface area contributed by atoms with Crippen molar-refractivity contribution in [3.8, 4) is 0 Å². The molecule has 0 aliphatic carbocycles. The predicted molar refractivity (Wildman–Crippen MR) is 69.6 cm³/mol. The molecule has 0 aromatic heterocycles. The fourth-order valence-corrected chi connectivity index (χ4v) is 2.87. The van der Waals surface area contributed by atoms with Gasteiger partial charge in [-0.25, -0.2) is 0 Å². The molecule has 0 spiro atoms. The van der Waals surface area contributed by atoms with Gasteiger partial charge < -0.3 is 5.11 Å². The summed E-state index contributed by atoms with van der Waals surface area (Å²) in [7, 11) is -1.10. The molecule has 0 bridgehead atoms. The summed E-state index contributed by atoms with van der Waals surface area (Å²) >= 11 is 0. The van der Waals surface area contributed by atoms with Crippen molar-refractivity contribution in [2.45, 2.75) is 31.4 Å². The van der Waals surface area contributed by atoms with E-state index in [0.29, 0.717) is 0 Å². The highest BCUT2D eigenvalue weighted by Gasteiger charge is 2.24. The Hall–Kier alpha value is -1.16. The van der Waals surface area contributed by atoms with Crippen LogP contribution in [0.2, 0.25) is 0 Å². The lowest BCUT2D eigenvalue weighted by Gasteiger charge is -2.15. The molecule has 3 atom stereocenters. The van der Waals surface area contributed by atoms with Crippen LogP contribution in [0.4, 0.5) is 0 Å². The van der Waals surface area contributed by atoms with E-state index in [1.807, 2.05) is 19.9 Å². The van der Waals surface area contributed by atoms with Gasteiger partial charge in [0.15, 0.2) is 0 Å². The number of hydrogen-bond donors (Lipinski definition) is 1. The van der Waals surface area contributed by atoms with E-state index in [4.69, 9.17) is 0 Å². The first-order chi connectivity index (χ1) is 8.06. The van der Waals surface area contributed by atoms with Gasteiger partial charge in [-0.3, -0.25) is 9.00 Å². The van der Waals surface area contributed by atoms with Crippen LogP contribution in [0, 0.1) is 0 Å². The molecule has 0 saturated heterocycles. The largest absolute Gasteiger partial charge is 0.481 e. The molecule has 1 aromatic carbocycles. The first kappa shape index (κ1) is 13.9. The van der Waals surface area contributed by atoms with Gasteiger partial charge in [-0.2, -0.15) is 0 Å². The van der Waals surface area contributed by atoms with E-state index in [9.17, 15) is 14.1 Å². The molecule has 0 saturated carbocycles. The average molecular weight is 254 g/mol. The van der Waals surface area contributed by atoms with Crippen molar-refractivity contribution < 1.29 is 14.1 Å². The molecule has 0 aliphatic rings. The summed E-state index contributed by atoms with van der Waals surface area (Å²) in [6.07, 6.45) is 0.799. The van der Waals surface area contributed by atoms with E-state index in [1.165, 1.54) is 0 Å². The molecule has 1 aromatic rings. The monoisotopic (exact) mass is 254 g/mol. The van der Waals surface area contributed by atoms with Crippen LogP contribution in [-0.2, 0) is 15.6 Å². The van der Waals surface area contributed by atoms with Crippen LogP contribution in [-0.4, -0.2) is 26.3 Å². The second-order valence-electron chi connectivity index (χ2n) is 4.07. The molecule has 3 unspecified atom stereocenters. The van der Waals surface area contributed by atoms with Crippen LogP contribution in [0.15, 0.2) is 30.3 Å². The molecule has 0 amide bonds. The van der Waals surface area contributed by atoms with E-state index >= 15 is 0 Å². The first-order valence-electron chi connectivity index (χ1n) is 5.71. The van der Waals surface area contributed by atoms with Crippen molar-refractivity contribution in [3.05, 3.63) is 35.9 Å². The van der Waals surface area contributed by atoms with Gasteiger partial charge in [0.2, 0.25) is 0 Å². The minimum absolute atomic E-state index is 0.0422. The normalized spacial score (nSPS) is 16.1. The van der Waals surface area contributed by atoms with Gasteiger partial charge in [-0.15, -0.1) is 0 Å². The third-order valence-corrected chi connectivity index (χ3v) is 4.75. The van der Waals surface area contributed by atoms with Crippen molar-refractivity contribution in [1.29, 1.82) is 0 Å². The first-order valence-corrected chi connectivity index (χ1v) is 7.09. The SMILES string of the molecule is CCC(C)S(=O)CC(C(=O)O)c1ccccc1. The Morgan fingerprint density at radius 3 is 2.41 bits per heavy atom. The Balaban J connectivity index is 2.82. The summed E-state index contributed by atoms with van der Waals surface area (Å²) in [4.78, 5) is 11.2. The molecule has 1 N–H and O–H groups in total. The quantitative estimate of drug-likeness (QED) is 0.848. The third kappa shape index (κ3) is 3.97. The van der Waals surface area contributed by atoms with Gasteiger partial charge >= 0.3 is 5.97 Å². The standard InChI is InChI=1S/C13H18O3S/c1-3-10(2)17(16)9-12(13(14)15)11-7-5-4-6-8-11/h4-8,10,12H,3,9H2,1-2H3,(H,14,15). The second-order valence-corrected chi connectivity index (χ2v) is 5.97. The van der Waals surface area contributed by atoms with Crippen LogP contribution in [0.5, 0.6) is 0 Å². The molecule has 0 radical (unpaired) electrons. The second kappa shape index (κ2) is 6.55. The number of carboxylic acids is 1. The van der Waals surface area contributed by atoms with Crippen molar-refractivity contribution in [1.82, 2.24) is 0 Å². The van der Waals surface area contributed by atoms with E-state index in [2.05, 4.69) is 0 Å². The highest BCUT2D eigenvalue weighted by atomic mass is 32.2. The van der Waals surface area contributed by atoms with Crippen LogP contribution in [0.3, 0.4) is 0 Å². The van der Waals surface area contributed by atoms with Gasteiger partial charge in [0.05, 0.1) is 5.92 Å². The fourth-order valence-electron chi connectivity index (χ4n) is 1.51. The zero-order valence-electron chi connectivity index (χ0n) is 10.1. The summed E-state index contributed by atoms with van der Waals surface area (Å²) in [5.41, 5.74) is 0.719.